The summed E-state index contributed by atoms with van der Waals surface area (Å²) in [6.07, 6.45) is 9.29. The maximum absolute atomic E-state index is 4.35. The Labute approximate surface area is 147 Å². The number of nitrogens with zero attached hydrogens (tertiary/aromatic N) is 2. The highest BCUT2D eigenvalue weighted by atomic mass is 127. The third kappa shape index (κ3) is 7.68. The summed E-state index contributed by atoms with van der Waals surface area (Å²) < 4.78 is 0. The van der Waals surface area contributed by atoms with Crippen LogP contribution < -0.4 is 10.6 Å². The summed E-state index contributed by atoms with van der Waals surface area (Å²) in [5, 5.41) is 7.05. The number of unbranched alkanes of at least 4 members (excludes halogenated alkanes) is 1. The van der Waals surface area contributed by atoms with E-state index in [4.69, 9.17) is 0 Å². The first-order valence-corrected chi connectivity index (χ1v) is 8.51. The van der Waals surface area contributed by atoms with Gasteiger partial charge in [0.05, 0.1) is 0 Å². The number of halogens is 1. The van der Waals surface area contributed by atoms with Crippen LogP contribution in [0.4, 0.5) is 0 Å². The maximum Gasteiger partial charge on any atom is 0.191 e. The van der Waals surface area contributed by atoms with Gasteiger partial charge in [0.15, 0.2) is 5.96 Å². The number of rotatable bonds is 7. The van der Waals surface area contributed by atoms with Gasteiger partial charge >= 0.3 is 0 Å². The van der Waals surface area contributed by atoms with Crippen molar-refractivity contribution in [3.8, 4) is 0 Å². The summed E-state index contributed by atoms with van der Waals surface area (Å²) in [6.45, 7) is 7.08. The Morgan fingerprint density at radius 2 is 1.90 bits per heavy atom. The second-order valence-electron chi connectivity index (χ2n) is 6.34. The van der Waals surface area contributed by atoms with Crippen LogP contribution >= 0.6 is 24.0 Å². The summed E-state index contributed by atoms with van der Waals surface area (Å²) in [4.78, 5) is 6.95. The van der Waals surface area contributed by atoms with Crippen LogP contribution in [0.25, 0.3) is 0 Å². The topological polar surface area (TPSA) is 39.7 Å². The van der Waals surface area contributed by atoms with Crippen LogP contribution in [0.1, 0.15) is 51.9 Å². The van der Waals surface area contributed by atoms with Crippen molar-refractivity contribution in [2.45, 2.75) is 57.9 Å². The number of likely N-dealkylation sites (tertiary alicyclic amines) is 1. The number of piperidine rings is 1. The van der Waals surface area contributed by atoms with Gasteiger partial charge in [-0.1, -0.05) is 26.2 Å². The molecule has 0 aromatic heterocycles. The van der Waals surface area contributed by atoms with Gasteiger partial charge in [-0.25, -0.2) is 0 Å². The molecule has 0 bridgehead atoms. The largest absolute Gasteiger partial charge is 0.356 e. The Kier molecular flexibility index (Phi) is 9.64. The fraction of sp³-hybridized carbons (Fsp3) is 0.938. The van der Waals surface area contributed by atoms with E-state index in [0.29, 0.717) is 6.04 Å². The summed E-state index contributed by atoms with van der Waals surface area (Å²) >= 11 is 0. The lowest BCUT2D eigenvalue weighted by Crippen LogP contribution is -2.48. The highest BCUT2D eigenvalue weighted by Gasteiger charge is 2.21. The molecule has 0 spiro atoms. The fourth-order valence-electron chi connectivity index (χ4n) is 2.87. The molecule has 2 rings (SSSR count). The van der Waals surface area contributed by atoms with E-state index in [2.05, 4.69) is 27.4 Å². The van der Waals surface area contributed by atoms with E-state index in [9.17, 15) is 0 Å². The molecule has 0 aromatic carbocycles. The first-order chi connectivity index (χ1) is 9.81. The highest BCUT2D eigenvalue weighted by molar-refractivity contribution is 14.0. The summed E-state index contributed by atoms with van der Waals surface area (Å²) in [5.41, 5.74) is 0. The molecule has 1 aliphatic carbocycles. The van der Waals surface area contributed by atoms with Crippen LogP contribution in [0.2, 0.25) is 0 Å². The minimum Gasteiger partial charge on any atom is -0.356 e. The molecule has 21 heavy (non-hydrogen) atoms. The monoisotopic (exact) mass is 408 g/mol. The molecule has 1 heterocycles. The predicted octanol–water partition coefficient (Wildman–Crippen LogP) is 2.83. The van der Waals surface area contributed by atoms with E-state index >= 15 is 0 Å². The molecule has 1 saturated carbocycles. The average Bonchev–Trinajstić information content (AvgIpc) is 3.29. The van der Waals surface area contributed by atoms with Gasteiger partial charge in [0.1, 0.15) is 0 Å². The average molecular weight is 408 g/mol. The van der Waals surface area contributed by atoms with Gasteiger partial charge in [0.2, 0.25) is 0 Å². The third-order valence-electron chi connectivity index (χ3n) is 4.52. The minimum absolute atomic E-state index is 0. The number of guanidine groups is 1. The van der Waals surface area contributed by atoms with Crippen molar-refractivity contribution in [2.75, 3.05) is 33.2 Å². The Morgan fingerprint density at radius 1 is 1.19 bits per heavy atom. The Morgan fingerprint density at radius 3 is 2.48 bits per heavy atom. The Bertz CT molecular complexity index is 297. The molecular weight excluding hydrogens is 375 g/mol. The van der Waals surface area contributed by atoms with Crippen LogP contribution in [0.5, 0.6) is 0 Å². The van der Waals surface area contributed by atoms with Crippen LogP contribution in [-0.4, -0.2) is 50.1 Å². The number of nitrogens with one attached hydrogen (secondary N) is 2. The molecule has 4 nitrogen and oxygen atoms in total. The van der Waals surface area contributed by atoms with Crippen molar-refractivity contribution in [3.05, 3.63) is 0 Å². The first kappa shape index (κ1) is 19.0. The van der Waals surface area contributed by atoms with Gasteiger partial charge in [-0.05, 0) is 38.1 Å². The third-order valence-corrected chi connectivity index (χ3v) is 4.52. The second-order valence-corrected chi connectivity index (χ2v) is 6.34. The highest BCUT2D eigenvalue weighted by Crippen LogP contribution is 2.31. The van der Waals surface area contributed by atoms with Crippen molar-refractivity contribution in [3.63, 3.8) is 0 Å². The molecule has 2 N–H and O–H groups in total. The van der Waals surface area contributed by atoms with Gasteiger partial charge in [-0.3, -0.25) is 4.99 Å². The predicted molar refractivity (Wildman–Crippen MR) is 102 cm³/mol. The SMILES string of the molecule is CCCCN1CCC(NC(=NC)NCCC2CC2)CC1.I. The normalized spacial score (nSPS) is 21.0. The van der Waals surface area contributed by atoms with E-state index in [-0.39, 0.29) is 24.0 Å². The standard InChI is InChI=1S/C16H32N4.HI/c1-3-4-11-20-12-8-15(9-13-20)19-16(17-2)18-10-7-14-5-6-14;/h14-15H,3-13H2,1-2H3,(H2,17,18,19);1H. The molecule has 0 amide bonds. The molecule has 0 radical (unpaired) electrons. The van der Waals surface area contributed by atoms with Crippen molar-refractivity contribution >= 4 is 29.9 Å². The molecule has 124 valence electrons. The lowest BCUT2D eigenvalue weighted by atomic mass is 10.0. The molecule has 5 heteroatoms. The maximum atomic E-state index is 4.35. The molecule has 2 fully saturated rings. The molecule has 1 saturated heterocycles. The summed E-state index contributed by atoms with van der Waals surface area (Å²) in [6, 6.07) is 0.597. The van der Waals surface area contributed by atoms with Crippen molar-refractivity contribution in [1.82, 2.24) is 15.5 Å². The van der Waals surface area contributed by atoms with E-state index in [1.54, 1.807) is 0 Å². The van der Waals surface area contributed by atoms with E-state index in [1.807, 2.05) is 7.05 Å². The molecule has 0 unspecified atom stereocenters. The van der Waals surface area contributed by atoms with Crippen LogP contribution in [0.15, 0.2) is 4.99 Å². The molecule has 0 aromatic rings. The van der Waals surface area contributed by atoms with E-state index in [0.717, 1.165) is 18.4 Å². The lowest BCUT2D eigenvalue weighted by molar-refractivity contribution is 0.203. The van der Waals surface area contributed by atoms with Gasteiger partial charge in [-0.15, -0.1) is 24.0 Å². The van der Waals surface area contributed by atoms with Gasteiger partial charge < -0.3 is 15.5 Å². The number of hydrogen-bond donors (Lipinski definition) is 2. The zero-order chi connectivity index (χ0) is 14.2. The molecular formula is C16H33IN4. The summed E-state index contributed by atoms with van der Waals surface area (Å²) in [7, 11) is 1.88. The smallest absolute Gasteiger partial charge is 0.191 e. The quantitative estimate of drug-likeness (QED) is 0.387. The first-order valence-electron chi connectivity index (χ1n) is 8.51. The van der Waals surface area contributed by atoms with Gasteiger partial charge in [0.25, 0.3) is 0 Å². The van der Waals surface area contributed by atoms with E-state index in [1.165, 1.54) is 64.6 Å². The minimum atomic E-state index is 0. The van der Waals surface area contributed by atoms with Crippen molar-refractivity contribution in [1.29, 1.82) is 0 Å². The number of hydrogen-bond acceptors (Lipinski definition) is 2. The Balaban J connectivity index is 0.00000220. The molecule has 0 atom stereocenters. The van der Waals surface area contributed by atoms with Crippen molar-refractivity contribution in [2.24, 2.45) is 10.9 Å². The van der Waals surface area contributed by atoms with Gasteiger partial charge in [-0.2, -0.15) is 0 Å². The zero-order valence-corrected chi connectivity index (χ0v) is 16.1. The van der Waals surface area contributed by atoms with Crippen LogP contribution in [0, 0.1) is 5.92 Å². The Hall–Kier alpha value is -0.0400. The van der Waals surface area contributed by atoms with Crippen molar-refractivity contribution < 1.29 is 0 Å². The lowest BCUT2D eigenvalue weighted by Gasteiger charge is -2.33. The zero-order valence-electron chi connectivity index (χ0n) is 13.7. The molecule has 2 aliphatic rings. The number of aliphatic imine (C=N–C) groups is 1. The van der Waals surface area contributed by atoms with Crippen LogP contribution in [0.3, 0.4) is 0 Å². The van der Waals surface area contributed by atoms with Gasteiger partial charge in [0, 0.05) is 32.7 Å². The summed E-state index contributed by atoms with van der Waals surface area (Å²) in [5.74, 6) is 1.99. The molecule has 1 aliphatic heterocycles. The van der Waals surface area contributed by atoms with E-state index < -0.39 is 0 Å². The fourth-order valence-corrected chi connectivity index (χ4v) is 2.87. The van der Waals surface area contributed by atoms with Crippen LogP contribution in [-0.2, 0) is 0 Å². The second kappa shape index (κ2) is 10.6.